The van der Waals surface area contributed by atoms with Gasteiger partial charge in [-0.25, -0.2) is 4.98 Å². The normalized spacial score (nSPS) is 19.3. The van der Waals surface area contributed by atoms with Crippen LogP contribution >= 0.6 is 11.3 Å². The third kappa shape index (κ3) is 2.94. The van der Waals surface area contributed by atoms with Gasteiger partial charge in [-0.05, 0) is 30.8 Å². The van der Waals surface area contributed by atoms with Gasteiger partial charge in [-0.3, -0.25) is 4.90 Å². The Labute approximate surface area is 138 Å². The first kappa shape index (κ1) is 14.6. The van der Waals surface area contributed by atoms with Crippen molar-refractivity contribution in [2.24, 2.45) is 7.05 Å². The number of aryl methyl sites for hydroxylation is 1. The number of imidazole rings is 1. The minimum atomic E-state index is 0.320. The highest BCUT2D eigenvalue weighted by Gasteiger charge is 2.28. The molecule has 0 spiro atoms. The Hall–Kier alpha value is -1.99. The monoisotopic (exact) mass is 329 g/mol. The average Bonchev–Trinajstić information content (AvgIpc) is 3.29. The van der Waals surface area contributed by atoms with E-state index in [9.17, 15) is 0 Å². The highest BCUT2D eigenvalue weighted by atomic mass is 32.1. The van der Waals surface area contributed by atoms with Gasteiger partial charge in [0.1, 0.15) is 5.82 Å². The Kier molecular flexibility index (Phi) is 3.97. The summed E-state index contributed by atoms with van der Waals surface area (Å²) in [6, 6.07) is 4.33. The van der Waals surface area contributed by atoms with Crippen molar-refractivity contribution < 1.29 is 4.52 Å². The van der Waals surface area contributed by atoms with Crippen LogP contribution in [0.25, 0.3) is 10.7 Å². The number of thiophene rings is 1. The lowest BCUT2D eigenvalue weighted by Crippen LogP contribution is -2.34. The molecule has 1 atom stereocenters. The maximum absolute atomic E-state index is 5.46. The summed E-state index contributed by atoms with van der Waals surface area (Å²) in [6.45, 7) is 1.71. The van der Waals surface area contributed by atoms with E-state index >= 15 is 0 Å². The maximum Gasteiger partial charge on any atom is 0.241 e. The van der Waals surface area contributed by atoms with E-state index in [0.29, 0.717) is 24.3 Å². The van der Waals surface area contributed by atoms with Crippen LogP contribution in [0.3, 0.4) is 0 Å². The average molecular weight is 329 g/mol. The number of nitrogens with zero attached hydrogens (tertiary/aromatic N) is 5. The van der Waals surface area contributed by atoms with Crippen molar-refractivity contribution in [2.45, 2.75) is 31.8 Å². The summed E-state index contributed by atoms with van der Waals surface area (Å²) in [6.07, 6.45) is 7.43. The molecule has 6 nitrogen and oxygen atoms in total. The lowest BCUT2D eigenvalue weighted by atomic mass is 10.0. The fourth-order valence-electron chi connectivity index (χ4n) is 3.17. The van der Waals surface area contributed by atoms with Gasteiger partial charge in [0, 0.05) is 19.4 Å². The second-order valence-corrected chi connectivity index (χ2v) is 6.82. The number of rotatable bonds is 4. The van der Waals surface area contributed by atoms with Gasteiger partial charge in [0.2, 0.25) is 11.7 Å². The van der Waals surface area contributed by atoms with Gasteiger partial charge in [-0.1, -0.05) is 17.6 Å². The van der Waals surface area contributed by atoms with Crippen molar-refractivity contribution in [3.8, 4) is 10.7 Å². The Morgan fingerprint density at radius 2 is 2.35 bits per heavy atom. The van der Waals surface area contributed by atoms with Crippen molar-refractivity contribution >= 4 is 11.3 Å². The number of hydrogen-bond donors (Lipinski definition) is 0. The molecule has 4 heterocycles. The van der Waals surface area contributed by atoms with Crippen LogP contribution in [0, 0.1) is 0 Å². The van der Waals surface area contributed by atoms with Gasteiger partial charge in [0.15, 0.2) is 0 Å². The fourth-order valence-corrected chi connectivity index (χ4v) is 3.82. The number of piperidine rings is 1. The molecule has 0 aromatic carbocycles. The second kappa shape index (κ2) is 6.25. The van der Waals surface area contributed by atoms with E-state index in [2.05, 4.69) is 31.6 Å². The lowest BCUT2D eigenvalue weighted by Gasteiger charge is -2.34. The van der Waals surface area contributed by atoms with Gasteiger partial charge < -0.3 is 9.09 Å². The molecule has 3 aromatic rings. The van der Waals surface area contributed by atoms with Gasteiger partial charge in [-0.2, -0.15) is 4.98 Å². The molecule has 0 amide bonds. The van der Waals surface area contributed by atoms with E-state index in [0.717, 1.165) is 23.7 Å². The predicted octanol–water partition coefficient (Wildman–Crippen LogP) is 3.26. The molecule has 1 unspecified atom stereocenters. The van der Waals surface area contributed by atoms with E-state index in [1.54, 1.807) is 11.3 Å². The van der Waals surface area contributed by atoms with Crippen LogP contribution < -0.4 is 0 Å². The molecule has 1 aliphatic heterocycles. The van der Waals surface area contributed by atoms with Crippen LogP contribution in [0.2, 0.25) is 0 Å². The predicted molar refractivity (Wildman–Crippen MR) is 87.8 cm³/mol. The summed E-state index contributed by atoms with van der Waals surface area (Å²) in [5.41, 5.74) is 0. The molecule has 0 bridgehead atoms. The molecule has 0 N–H and O–H groups in total. The molecule has 1 aliphatic rings. The largest absolute Gasteiger partial charge is 0.338 e. The van der Waals surface area contributed by atoms with E-state index < -0.39 is 0 Å². The number of aromatic nitrogens is 4. The van der Waals surface area contributed by atoms with Crippen LogP contribution in [0.15, 0.2) is 34.4 Å². The van der Waals surface area contributed by atoms with Crippen LogP contribution in [0.4, 0.5) is 0 Å². The molecular formula is C16H19N5OS. The zero-order valence-electron chi connectivity index (χ0n) is 13.1. The smallest absolute Gasteiger partial charge is 0.241 e. The van der Waals surface area contributed by atoms with Crippen LogP contribution in [0.1, 0.15) is 37.0 Å². The van der Waals surface area contributed by atoms with Crippen molar-refractivity contribution in [3.05, 3.63) is 41.6 Å². The summed E-state index contributed by atoms with van der Waals surface area (Å²) < 4.78 is 7.57. The zero-order valence-corrected chi connectivity index (χ0v) is 13.9. The third-order valence-electron chi connectivity index (χ3n) is 4.32. The summed E-state index contributed by atoms with van der Waals surface area (Å²) in [7, 11) is 2.05. The van der Waals surface area contributed by atoms with Crippen molar-refractivity contribution in [1.82, 2.24) is 24.6 Å². The van der Waals surface area contributed by atoms with E-state index in [-0.39, 0.29) is 0 Å². The molecule has 120 valence electrons. The third-order valence-corrected chi connectivity index (χ3v) is 5.18. The quantitative estimate of drug-likeness (QED) is 0.735. The Bertz CT molecular complexity index is 763. The number of likely N-dealkylation sites (tertiary alicyclic amines) is 1. The van der Waals surface area contributed by atoms with Gasteiger partial charge in [0.25, 0.3) is 0 Å². The SMILES string of the molecule is Cn1ccnc1C1CCCCN1Cc1nc(-c2cccs2)no1. The van der Waals surface area contributed by atoms with Crippen molar-refractivity contribution in [2.75, 3.05) is 6.54 Å². The Morgan fingerprint density at radius 3 is 3.13 bits per heavy atom. The molecule has 0 radical (unpaired) electrons. The fraction of sp³-hybridized carbons (Fsp3) is 0.438. The summed E-state index contributed by atoms with van der Waals surface area (Å²) in [5.74, 6) is 2.47. The van der Waals surface area contributed by atoms with Crippen LogP contribution in [-0.2, 0) is 13.6 Å². The Morgan fingerprint density at radius 1 is 1.39 bits per heavy atom. The van der Waals surface area contributed by atoms with Gasteiger partial charge in [0.05, 0.1) is 17.5 Å². The highest BCUT2D eigenvalue weighted by molar-refractivity contribution is 7.13. The second-order valence-electron chi connectivity index (χ2n) is 5.87. The summed E-state index contributed by atoms with van der Waals surface area (Å²) in [5, 5.41) is 6.13. The molecule has 0 saturated carbocycles. The highest BCUT2D eigenvalue weighted by Crippen LogP contribution is 2.31. The molecule has 23 heavy (non-hydrogen) atoms. The summed E-state index contributed by atoms with van der Waals surface area (Å²) in [4.78, 5) is 12.5. The molecular weight excluding hydrogens is 310 g/mol. The molecule has 1 saturated heterocycles. The zero-order chi connectivity index (χ0) is 15.6. The van der Waals surface area contributed by atoms with E-state index in [4.69, 9.17) is 4.52 Å². The first-order valence-corrected chi connectivity index (χ1v) is 8.77. The minimum Gasteiger partial charge on any atom is -0.338 e. The first-order valence-electron chi connectivity index (χ1n) is 7.89. The lowest BCUT2D eigenvalue weighted by molar-refractivity contribution is 0.116. The van der Waals surface area contributed by atoms with Crippen LogP contribution in [0.5, 0.6) is 0 Å². The molecule has 1 fully saturated rings. The minimum absolute atomic E-state index is 0.320. The van der Waals surface area contributed by atoms with Crippen molar-refractivity contribution in [3.63, 3.8) is 0 Å². The standard InChI is InChI=1S/C16H19N5OS/c1-20-9-7-17-16(20)12-5-2-3-8-21(12)11-14-18-15(19-22-14)13-6-4-10-23-13/h4,6-7,9-10,12H,2-3,5,8,11H2,1H3. The molecule has 7 heteroatoms. The first-order chi connectivity index (χ1) is 11.3. The van der Waals surface area contributed by atoms with E-state index in [1.807, 2.05) is 29.9 Å². The summed E-state index contributed by atoms with van der Waals surface area (Å²) >= 11 is 1.62. The Balaban J connectivity index is 1.53. The molecule has 3 aromatic heterocycles. The van der Waals surface area contributed by atoms with Crippen LogP contribution in [-0.4, -0.2) is 31.1 Å². The maximum atomic E-state index is 5.46. The van der Waals surface area contributed by atoms with Gasteiger partial charge in [-0.15, -0.1) is 11.3 Å². The van der Waals surface area contributed by atoms with Crippen molar-refractivity contribution in [1.29, 1.82) is 0 Å². The topological polar surface area (TPSA) is 60.0 Å². The molecule has 0 aliphatic carbocycles. The number of hydrogen-bond acceptors (Lipinski definition) is 6. The molecule has 4 rings (SSSR count). The van der Waals surface area contributed by atoms with Gasteiger partial charge >= 0.3 is 0 Å². The van der Waals surface area contributed by atoms with E-state index in [1.165, 1.54) is 12.8 Å².